The molecule has 0 bridgehead atoms. The van der Waals surface area contributed by atoms with E-state index >= 15 is 0 Å². The maximum absolute atomic E-state index is 9.74. The summed E-state index contributed by atoms with van der Waals surface area (Å²) in [6, 6.07) is 3.73. The van der Waals surface area contributed by atoms with E-state index in [-0.39, 0.29) is 6.10 Å². The molecule has 0 aromatic carbocycles. The van der Waals surface area contributed by atoms with Crippen LogP contribution in [0.1, 0.15) is 18.5 Å². The van der Waals surface area contributed by atoms with Crippen LogP contribution in [-0.4, -0.2) is 53.9 Å². The number of ether oxygens (including phenoxy) is 2. The number of hydrogen-bond acceptors (Lipinski definition) is 6. The van der Waals surface area contributed by atoms with Gasteiger partial charge in [-0.05, 0) is 25.0 Å². The summed E-state index contributed by atoms with van der Waals surface area (Å²) < 4.78 is 10.9. The number of rotatable bonds is 8. The zero-order chi connectivity index (χ0) is 13.3. The molecule has 19 heavy (non-hydrogen) atoms. The van der Waals surface area contributed by atoms with E-state index in [1.165, 1.54) is 0 Å². The third-order valence-corrected chi connectivity index (χ3v) is 2.95. The van der Waals surface area contributed by atoms with Gasteiger partial charge in [-0.1, -0.05) is 0 Å². The smallest absolute Gasteiger partial charge is 0.0897 e. The first-order valence-electron chi connectivity index (χ1n) is 6.69. The predicted molar refractivity (Wildman–Crippen MR) is 69.5 cm³/mol. The van der Waals surface area contributed by atoms with Crippen LogP contribution in [-0.2, 0) is 16.0 Å². The predicted octanol–water partition coefficient (Wildman–Crippen LogP) is 0.123. The van der Waals surface area contributed by atoms with Gasteiger partial charge in [0.05, 0.1) is 31.1 Å². The second-order valence-corrected chi connectivity index (χ2v) is 4.67. The van der Waals surface area contributed by atoms with Crippen LogP contribution in [0.3, 0.4) is 0 Å². The molecule has 6 nitrogen and oxygen atoms in total. The van der Waals surface area contributed by atoms with Gasteiger partial charge in [0, 0.05) is 25.9 Å². The van der Waals surface area contributed by atoms with Crippen LogP contribution in [0.15, 0.2) is 18.3 Å². The number of nitrogens with one attached hydrogen (secondary N) is 1. The number of hydrogen-bond donors (Lipinski definition) is 2. The van der Waals surface area contributed by atoms with Crippen molar-refractivity contribution >= 4 is 0 Å². The Labute approximate surface area is 113 Å². The maximum atomic E-state index is 9.74. The summed E-state index contributed by atoms with van der Waals surface area (Å²) in [6.07, 6.45) is 3.49. The van der Waals surface area contributed by atoms with E-state index in [1.807, 2.05) is 12.1 Å². The molecule has 1 aromatic rings. The van der Waals surface area contributed by atoms with Crippen molar-refractivity contribution in [2.24, 2.45) is 0 Å². The molecule has 2 unspecified atom stereocenters. The first-order chi connectivity index (χ1) is 9.34. The lowest BCUT2D eigenvalue weighted by Crippen LogP contribution is -2.31. The highest BCUT2D eigenvalue weighted by Gasteiger charge is 2.15. The molecule has 6 heteroatoms. The van der Waals surface area contributed by atoms with E-state index in [1.54, 1.807) is 6.20 Å². The van der Waals surface area contributed by atoms with Gasteiger partial charge < -0.3 is 19.9 Å². The number of aliphatic hydroxyl groups is 1. The van der Waals surface area contributed by atoms with Gasteiger partial charge in [-0.3, -0.25) is 0 Å². The van der Waals surface area contributed by atoms with Crippen molar-refractivity contribution in [3.63, 3.8) is 0 Å². The van der Waals surface area contributed by atoms with Crippen molar-refractivity contribution in [1.29, 1.82) is 0 Å². The highest BCUT2D eigenvalue weighted by molar-refractivity contribution is 4.98. The molecule has 2 N–H and O–H groups in total. The molecule has 2 rings (SSSR count). The molecule has 1 aromatic heterocycles. The SMILES string of the molecule is OC(CNCc1cccnn1)COCC1CCCO1. The van der Waals surface area contributed by atoms with Crippen LogP contribution in [0.4, 0.5) is 0 Å². The van der Waals surface area contributed by atoms with E-state index in [4.69, 9.17) is 9.47 Å². The fourth-order valence-electron chi connectivity index (χ4n) is 1.96. The van der Waals surface area contributed by atoms with Crippen molar-refractivity contribution in [3.05, 3.63) is 24.0 Å². The summed E-state index contributed by atoms with van der Waals surface area (Å²) in [6.45, 7) is 2.80. The standard InChI is InChI=1S/C13H21N3O3/c17-12(9-18-10-13-4-2-6-19-13)8-14-7-11-3-1-5-15-16-11/h1,3,5,12-14,17H,2,4,6-10H2. The Bertz CT molecular complexity index is 344. The van der Waals surface area contributed by atoms with Gasteiger partial charge in [0.15, 0.2) is 0 Å². The van der Waals surface area contributed by atoms with Crippen molar-refractivity contribution in [2.75, 3.05) is 26.4 Å². The third kappa shape index (κ3) is 5.61. The Morgan fingerprint density at radius 1 is 1.58 bits per heavy atom. The van der Waals surface area contributed by atoms with E-state index in [2.05, 4.69) is 15.5 Å². The topological polar surface area (TPSA) is 76.5 Å². The molecule has 1 aliphatic rings. The lowest BCUT2D eigenvalue weighted by Gasteiger charge is -2.14. The molecule has 1 aliphatic heterocycles. The third-order valence-electron chi connectivity index (χ3n) is 2.95. The lowest BCUT2D eigenvalue weighted by molar-refractivity contribution is -0.0164. The Morgan fingerprint density at radius 2 is 2.53 bits per heavy atom. The highest BCUT2D eigenvalue weighted by Crippen LogP contribution is 2.11. The van der Waals surface area contributed by atoms with E-state index in [0.717, 1.165) is 25.1 Å². The van der Waals surface area contributed by atoms with E-state index < -0.39 is 6.10 Å². The summed E-state index contributed by atoms with van der Waals surface area (Å²) in [7, 11) is 0. The van der Waals surface area contributed by atoms with Gasteiger partial charge in [-0.15, -0.1) is 0 Å². The molecular weight excluding hydrogens is 246 g/mol. The zero-order valence-electron chi connectivity index (χ0n) is 11.0. The minimum Gasteiger partial charge on any atom is -0.389 e. The highest BCUT2D eigenvalue weighted by atomic mass is 16.5. The second kappa shape index (κ2) is 8.16. The molecule has 0 saturated carbocycles. The molecule has 0 spiro atoms. The van der Waals surface area contributed by atoms with Gasteiger partial charge in [0.2, 0.25) is 0 Å². The average Bonchev–Trinajstić information content (AvgIpc) is 2.93. The van der Waals surface area contributed by atoms with E-state index in [9.17, 15) is 5.11 Å². The summed E-state index contributed by atoms with van der Waals surface area (Å²) in [4.78, 5) is 0. The number of aromatic nitrogens is 2. The molecule has 2 atom stereocenters. The van der Waals surface area contributed by atoms with Gasteiger partial charge in [0.1, 0.15) is 0 Å². The van der Waals surface area contributed by atoms with Crippen LogP contribution in [0.25, 0.3) is 0 Å². The van der Waals surface area contributed by atoms with Crippen LogP contribution >= 0.6 is 0 Å². The quantitative estimate of drug-likeness (QED) is 0.697. The van der Waals surface area contributed by atoms with Crippen LogP contribution in [0, 0.1) is 0 Å². The monoisotopic (exact) mass is 267 g/mol. The van der Waals surface area contributed by atoms with E-state index in [0.29, 0.717) is 26.3 Å². The van der Waals surface area contributed by atoms with Crippen molar-refractivity contribution in [1.82, 2.24) is 15.5 Å². The summed E-state index contributed by atoms with van der Waals surface area (Å²) in [5, 5.41) is 20.6. The molecule has 2 heterocycles. The molecule has 106 valence electrons. The van der Waals surface area contributed by atoms with Crippen molar-refractivity contribution in [2.45, 2.75) is 31.6 Å². The molecule has 0 amide bonds. The molecule has 0 aliphatic carbocycles. The second-order valence-electron chi connectivity index (χ2n) is 4.67. The van der Waals surface area contributed by atoms with Crippen molar-refractivity contribution < 1.29 is 14.6 Å². The minimum absolute atomic E-state index is 0.208. The molecule has 0 radical (unpaired) electrons. The minimum atomic E-state index is -0.516. The maximum Gasteiger partial charge on any atom is 0.0897 e. The Kier molecular flexibility index (Phi) is 6.16. The van der Waals surface area contributed by atoms with Crippen LogP contribution in [0.5, 0.6) is 0 Å². The molecule has 1 fully saturated rings. The van der Waals surface area contributed by atoms with Gasteiger partial charge in [-0.25, -0.2) is 0 Å². The molecule has 1 saturated heterocycles. The lowest BCUT2D eigenvalue weighted by atomic mass is 10.2. The Morgan fingerprint density at radius 3 is 3.26 bits per heavy atom. The first kappa shape index (κ1) is 14.3. The number of nitrogens with zero attached hydrogens (tertiary/aromatic N) is 2. The van der Waals surface area contributed by atoms with Crippen molar-refractivity contribution in [3.8, 4) is 0 Å². The zero-order valence-corrected chi connectivity index (χ0v) is 11.0. The summed E-state index contributed by atoms with van der Waals surface area (Å²) in [5.41, 5.74) is 0.856. The van der Waals surface area contributed by atoms with Gasteiger partial charge in [0.25, 0.3) is 0 Å². The fraction of sp³-hybridized carbons (Fsp3) is 0.692. The van der Waals surface area contributed by atoms with Crippen LogP contribution in [0.2, 0.25) is 0 Å². The van der Waals surface area contributed by atoms with Gasteiger partial charge in [-0.2, -0.15) is 10.2 Å². The number of aliphatic hydroxyl groups excluding tert-OH is 1. The first-order valence-corrected chi connectivity index (χ1v) is 6.69. The van der Waals surface area contributed by atoms with Crippen LogP contribution < -0.4 is 5.32 Å². The summed E-state index contributed by atoms with van der Waals surface area (Å²) >= 11 is 0. The molecular formula is C13H21N3O3. The van der Waals surface area contributed by atoms with Gasteiger partial charge >= 0.3 is 0 Å². The largest absolute Gasteiger partial charge is 0.389 e. The summed E-state index contributed by atoms with van der Waals surface area (Å²) in [5.74, 6) is 0. The Balaban J connectivity index is 1.51. The average molecular weight is 267 g/mol. The normalized spacial score (nSPS) is 20.6. The fourth-order valence-corrected chi connectivity index (χ4v) is 1.96. The Hall–Kier alpha value is -1.08.